The SMILES string of the molecule is CCOc1ccc(-c2cc(C(C)C)ccc2OC)c(CN(Cc2cc(C(F)(F)F)cc(C(F)(F)F)c2)c2ncc(OCCCC(=O)[O-])cn2)c1.[Na+]. The maximum Gasteiger partial charge on any atom is 1.00 e. The first-order valence-corrected chi connectivity index (χ1v) is 15.7. The van der Waals surface area contributed by atoms with Crippen molar-refractivity contribution in [2.45, 2.75) is 65.0 Å². The predicted octanol–water partition coefficient (Wildman–Crippen LogP) is 4.83. The van der Waals surface area contributed by atoms with Crippen LogP contribution in [0.4, 0.5) is 32.3 Å². The van der Waals surface area contributed by atoms with E-state index in [2.05, 4.69) is 9.97 Å². The van der Waals surface area contributed by atoms with Crippen molar-refractivity contribution < 1.29 is 80.0 Å². The Labute approximate surface area is 314 Å². The van der Waals surface area contributed by atoms with Crippen molar-refractivity contribution in [1.29, 1.82) is 0 Å². The minimum Gasteiger partial charge on any atom is -0.550 e. The first-order valence-electron chi connectivity index (χ1n) is 15.7. The van der Waals surface area contributed by atoms with Gasteiger partial charge in [-0.15, -0.1) is 0 Å². The molecule has 8 nitrogen and oxygen atoms in total. The Bertz CT molecular complexity index is 1740. The molecule has 51 heavy (non-hydrogen) atoms. The van der Waals surface area contributed by atoms with Crippen molar-refractivity contribution in [2.24, 2.45) is 0 Å². The number of carbonyl (C=O) groups is 1. The number of nitrogens with zero attached hydrogens (tertiary/aromatic N) is 3. The van der Waals surface area contributed by atoms with Gasteiger partial charge in [-0.3, -0.25) is 0 Å². The summed E-state index contributed by atoms with van der Waals surface area (Å²) in [6.45, 7) is 5.71. The normalized spacial score (nSPS) is 11.6. The van der Waals surface area contributed by atoms with E-state index in [1.54, 1.807) is 19.1 Å². The molecule has 0 atom stereocenters. The van der Waals surface area contributed by atoms with Crippen molar-refractivity contribution in [3.63, 3.8) is 0 Å². The number of aromatic nitrogens is 2. The fourth-order valence-corrected chi connectivity index (χ4v) is 5.20. The fourth-order valence-electron chi connectivity index (χ4n) is 5.20. The van der Waals surface area contributed by atoms with Gasteiger partial charge in [-0.05, 0) is 90.4 Å². The van der Waals surface area contributed by atoms with Crippen LogP contribution in [0.3, 0.4) is 0 Å². The van der Waals surface area contributed by atoms with Gasteiger partial charge in [0.2, 0.25) is 5.95 Å². The number of methoxy groups -OCH3 is 1. The van der Waals surface area contributed by atoms with Crippen LogP contribution in [0.2, 0.25) is 0 Å². The fraction of sp³-hybridized carbons (Fsp3) is 0.361. The van der Waals surface area contributed by atoms with Gasteiger partial charge in [-0.2, -0.15) is 26.3 Å². The number of carbonyl (C=O) groups excluding carboxylic acids is 1. The van der Waals surface area contributed by atoms with Gasteiger partial charge in [-0.25, -0.2) is 9.97 Å². The molecular formula is C36H36F6N3NaO5. The molecule has 0 N–H and O–H groups in total. The van der Waals surface area contributed by atoms with Crippen LogP contribution >= 0.6 is 0 Å². The number of hydrogen-bond donors (Lipinski definition) is 0. The molecule has 0 aliphatic rings. The average Bonchev–Trinajstić information content (AvgIpc) is 3.05. The van der Waals surface area contributed by atoms with E-state index in [0.29, 0.717) is 41.4 Å². The van der Waals surface area contributed by atoms with Crippen molar-refractivity contribution in [3.05, 3.63) is 94.8 Å². The van der Waals surface area contributed by atoms with Gasteiger partial charge >= 0.3 is 41.9 Å². The number of rotatable bonds is 15. The topological polar surface area (TPSA) is 96.8 Å². The number of halogens is 6. The number of carboxylic acids is 1. The van der Waals surface area contributed by atoms with Gasteiger partial charge in [0.05, 0.1) is 43.8 Å². The van der Waals surface area contributed by atoms with Crippen LogP contribution in [-0.4, -0.2) is 36.3 Å². The zero-order valence-electron chi connectivity index (χ0n) is 28.8. The summed E-state index contributed by atoms with van der Waals surface area (Å²) < 4.78 is 99.7. The average molecular weight is 728 g/mol. The van der Waals surface area contributed by atoms with Gasteiger partial charge in [0.15, 0.2) is 5.75 Å². The zero-order valence-corrected chi connectivity index (χ0v) is 30.8. The van der Waals surface area contributed by atoms with E-state index in [1.165, 1.54) is 24.4 Å². The van der Waals surface area contributed by atoms with Crippen LogP contribution in [0.1, 0.15) is 67.3 Å². The first-order chi connectivity index (χ1) is 23.6. The summed E-state index contributed by atoms with van der Waals surface area (Å²) >= 11 is 0. The second-order valence-electron chi connectivity index (χ2n) is 11.7. The van der Waals surface area contributed by atoms with Crippen LogP contribution in [0.5, 0.6) is 17.2 Å². The summed E-state index contributed by atoms with van der Waals surface area (Å²) in [6.07, 6.45) is -7.57. The third kappa shape index (κ3) is 11.5. The van der Waals surface area contributed by atoms with Crippen LogP contribution in [0, 0.1) is 0 Å². The van der Waals surface area contributed by atoms with E-state index >= 15 is 0 Å². The van der Waals surface area contributed by atoms with Crippen molar-refractivity contribution in [2.75, 3.05) is 25.2 Å². The molecule has 4 rings (SSSR count). The van der Waals surface area contributed by atoms with Crippen molar-refractivity contribution in [1.82, 2.24) is 9.97 Å². The summed E-state index contributed by atoms with van der Waals surface area (Å²) in [6, 6.07) is 12.5. The Kier molecular flexibility index (Phi) is 14.6. The van der Waals surface area contributed by atoms with Gasteiger partial charge in [0.1, 0.15) is 11.5 Å². The second-order valence-corrected chi connectivity index (χ2v) is 11.7. The Hall–Kier alpha value is -4.01. The molecule has 4 aromatic rings. The Morgan fingerprint density at radius 2 is 1.49 bits per heavy atom. The third-order valence-electron chi connectivity index (χ3n) is 7.64. The maximum atomic E-state index is 13.8. The number of ether oxygens (including phenoxy) is 3. The molecule has 0 fully saturated rings. The van der Waals surface area contributed by atoms with Crippen LogP contribution in [0.15, 0.2) is 67.0 Å². The maximum absolute atomic E-state index is 13.8. The number of hydrogen-bond acceptors (Lipinski definition) is 8. The summed E-state index contributed by atoms with van der Waals surface area (Å²) in [5, 5.41) is 10.7. The molecule has 0 amide bonds. The number of aliphatic carboxylic acids is 1. The molecule has 3 aromatic carbocycles. The molecule has 268 valence electrons. The first kappa shape index (κ1) is 41.4. The number of carboxylic acid groups (broad SMARTS) is 1. The molecule has 0 radical (unpaired) electrons. The van der Waals surface area contributed by atoms with E-state index in [4.69, 9.17) is 14.2 Å². The molecule has 0 saturated heterocycles. The van der Waals surface area contributed by atoms with Crippen molar-refractivity contribution >= 4 is 11.9 Å². The molecule has 1 heterocycles. The molecule has 0 aliphatic carbocycles. The van der Waals surface area contributed by atoms with E-state index in [0.717, 1.165) is 11.1 Å². The smallest absolute Gasteiger partial charge is 0.550 e. The minimum absolute atomic E-state index is 0. The Morgan fingerprint density at radius 3 is 2.04 bits per heavy atom. The zero-order chi connectivity index (χ0) is 36.6. The minimum atomic E-state index is -5.04. The number of alkyl halides is 6. The quantitative estimate of drug-likeness (QED) is 0.0977. The van der Waals surface area contributed by atoms with Crippen molar-refractivity contribution in [3.8, 4) is 28.4 Å². The number of anilines is 1. The third-order valence-corrected chi connectivity index (χ3v) is 7.64. The largest absolute Gasteiger partial charge is 1.00 e. The number of benzene rings is 3. The van der Waals surface area contributed by atoms with Crippen LogP contribution in [-0.2, 0) is 30.2 Å². The summed E-state index contributed by atoms with van der Waals surface area (Å²) in [5.74, 6) is 0.134. The molecule has 0 spiro atoms. The molecule has 0 aliphatic heterocycles. The van der Waals surface area contributed by atoms with E-state index in [9.17, 15) is 36.2 Å². The van der Waals surface area contributed by atoms with Crippen LogP contribution < -0.4 is 53.8 Å². The molecule has 0 saturated carbocycles. The van der Waals surface area contributed by atoms with E-state index in [-0.39, 0.29) is 84.8 Å². The summed E-state index contributed by atoms with van der Waals surface area (Å²) in [4.78, 5) is 20.8. The van der Waals surface area contributed by atoms with Gasteiger partial charge in [0.25, 0.3) is 0 Å². The van der Waals surface area contributed by atoms with Gasteiger partial charge < -0.3 is 29.0 Å². The second kappa shape index (κ2) is 18.0. The Morgan fingerprint density at radius 1 is 0.843 bits per heavy atom. The molecule has 15 heteroatoms. The van der Waals surface area contributed by atoms with Gasteiger partial charge in [0, 0.05) is 24.6 Å². The van der Waals surface area contributed by atoms with E-state index in [1.807, 2.05) is 38.1 Å². The molecular weight excluding hydrogens is 691 g/mol. The molecule has 0 bridgehead atoms. The summed E-state index contributed by atoms with van der Waals surface area (Å²) in [5.41, 5.74) is -0.151. The Balaban J connectivity index is 0.00000702. The molecule has 1 aromatic heterocycles. The standard InChI is InChI=1S/C36H37F6N3O5.Na/c1-5-49-28-9-10-30(31-16-24(22(2)3)8-11-32(31)48-4)25(15-28)21-45(34-43-18-29(19-44-34)50-12-6-7-33(46)47)20-23-13-26(35(37,38)39)17-27(14-23)36(40,41)42;/h8-11,13-19,22H,5-7,12,20-21H2,1-4H3,(H,46,47);/q;+1/p-1. The monoisotopic (exact) mass is 727 g/mol. The summed E-state index contributed by atoms with van der Waals surface area (Å²) in [7, 11) is 1.52. The molecule has 0 unspecified atom stereocenters. The predicted molar refractivity (Wildman–Crippen MR) is 172 cm³/mol. The van der Waals surface area contributed by atoms with Crippen LogP contribution in [0.25, 0.3) is 11.1 Å². The van der Waals surface area contributed by atoms with E-state index < -0.39 is 36.0 Å². The van der Waals surface area contributed by atoms with Gasteiger partial charge in [-0.1, -0.05) is 26.0 Å².